The molecule has 224 valence electrons. The van der Waals surface area contributed by atoms with E-state index in [1.54, 1.807) is 0 Å². The number of ether oxygens (including phenoxy) is 2. The fourth-order valence-corrected chi connectivity index (χ4v) is 6.78. The molecule has 1 aliphatic rings. The number of hydrogen-bond acceptors (Lipinski definition) is 8. The molecule has 41 heavy (non-hydrogen) atoms. The van der Waals surface area contributed by atoms with E-state index in [2.05, 4.69) is 25.0 Å². The second kappa shape index (κ2) is 13.4. The van der Waals surface area contributed by atoms with E-state index in [4.69, 9.17) is 9.47 Å². The van der Waals surface area contributed by atoms with Gasteiger partial charge in [-0.25, -0.2) is 17.6 Å². The van der Waals surface area contributed by atoms with E-state index >= 15 is 0 Å². The van der Waals surface area contributed by atoms with Crippen LogP contribution >= 0.6 is 0 Å². The Kier molecular flexibility index (Phi) is 10.6. The number of sulfone groups is 1. The van der Waals surface area contributed by atoms with E-state index in [1.165, 1.54) is 43.3 Å². The van der Waals surface area contributed by atoms with E-state index < -0.39 is 48.1 Å². The van der Waals surface area contributed by atoms with Gasteiger partial charge in [0.25, 0.3) is 0 Å². The van der Waals surface area contributed by atoms with E-state index in [0.717, 1.165) is 12.1 Å². The molecule has 0 saturated heterocycles. The second-order valence-corrected chi connectivity index (χ2v) is 19.3. The first kappa shape index (κ1) is 32.6. The third kappa shape index (κ3) is 9.02. The zero-order valence-electron chi connectivity index (χ0n) is 24.1. The number of benzene rings is 2. The molecule has 10 nitrogen and oxygen atoms in total. The molecule has 3 rings (SSSR count). The summed E-state index contributed by atoms with van der Waals surface area (Å²) in [5.74, 6) is -1.32. The van der Waals surface area contributed by atoms with Crippen molar-refractivity contribution < 1.29 is 41.9 Å². The highest BCUT2D eigenvalue weighted by atomic mass is 32.2. The van der Waals surface area contributed by atoms with E-state index in [9.17, 15) is 32.4 Å². The average Bonchev–Trinajstić information content (AvgIpc) is 3.72. The van der Waals surface area contributed by atoms with Gasteiger partial charge in [0.15, 0.2) is 21.4 Å². The van der Waals surface area contributed by atoms with Crippen molar-refractivity contribution >= 4 is 48.2 Å². The molecule has 0 radical (unpaired) electrons. The van der Waals surface area contributed by atoms with Crippen molar-refractivity contribution in [2.45, 2.75) is 68.1 Å². The highest BCUT2D eigenvalue weighted by Crippen LogP contribution is 2.36. The Balaban J connectivity index is 1.76. The average molecular weight is 609 g/mol. The predicted octanol–water partition coefficient (Wildman–Crippen LogP) is 2.93. The zero-order valence-corrected chi connectivity index (χ0v) is 25.9. The van der Waals surface area contributed by atoms with Crippen LogP contribution in [0.3, 0.4) is 0 Å². The molecule has 0 unspecified atom stereocenters. The van der Waals surface area contributed by atoms with Gasteiger partial charge in [-0.15, -0.1) is 0 Å². The van der Waals surface area contributed by atoms with Gasteiger partial charge in [-0.1, -0.05) is 25.7 Å². The van der Waals surface area contributed by atoms with Gasteiger partial charge < -0.3 is 29.7 Å². The number of methoxy groups -OCH3 is 1. The van der Waals surface area contributed by atoms with Gasteiger partial charge in [0, 0.05) is 27.2 Å². The van der Waals surface area contributed by atoms with Gasteiger partial charge in [0.05, 0.1) is 30.4 Å². The minimum Gasteiger partial charge on any atom is -0.493 e. The third-order valence-electron chi connectivity index (χ3n) is 6.68. The second-order valence-electron chi connectivity index (χ2n) is 11.5. The summed E-state index contributed by atoms with van der Waals surface area (Å²) in [5.41, 5.74) is 0.899. The van der Waals surface area contributed by atoms with Crippen LogP contribution in [0, 0.1) is 5.82 Å². The number of nitrogens with one attached hydrogen (secondary N) is 1. The molecule has 0 heterocycles. The summed E-state index contributed by atoms with van der Waals surface area (Å²) in [4.78, 5) is 26.8. The van der Waals surface area contributed by atoms with Crippen LogP contribution in [-0.2, 0) is 32.3 Å². The van der Waals surface area contributed by atoms with Crippen LogP contribution in [0.25, 0.3) is 0 Å². The summed E-state index contributed by atoms with van der Waals surface area (Å²) in [6.45, 7) is 6.76. The Labute approximate surface area is 241 Å². The first-order chi connectivity index (χ1) is 19.1. The molecule has 2 amide bonds. The van der Waals surface area contributed by atoms with Crippen molar-refractivity contribution in [1.82, 2.24) is 4.90 Å². The number of carbonyl (C=O) groups excluding carboxylic acids is 2. The van der Waals surface area contributed by atoms with Crippen LogP contribution < -0.4 is 15.5 Å². The summed E-state index contributed by atoms with van der Waals surface area (Å²) in [7, 11) is -4.08. The maximum atomic E-state index is 14.3. The summed E-state index contributed by atoms with van der Waals surface area (Å²) in [6.07, 6.45) is 0.533. The Morgan fingerprint density at radius 1 is 1.15 bits per heavy atom. The summed E-state index contributed by atoms with van der Waals surface area (Å²) in [6, 6.07) is 7.57. The van der Waals surface area contributed by atoms with Crippen LogP contribution in [0.2, 0.25) is 25.7 Å². The molecular formula is C27H38BFN2O8SSi. The Morgan fingerprint density at radius 2 is 1.83 bits per heavy atom. The quantitative estimate of drug-likeness (QED) is 0.295. The lowest BCUT2D eigenvalue weighted by atomic mass is 9.79. The first-order valence-electron chi connectivity index (χ1n) is 13.4. The number of carbonyl (C=O) groups is 2. The lowest BCUT2D eigenvalue weighted by Gasteiger charge is -2.21. The Bertz CT molecular complexity index is 1380. The van der Waals surface area contributed by atoms with Crippen LogP contribution in [-0.4, -0.2) is 76.6 Å². The van der Waals surface area contributed by atoms with Crippen molar-refractivity contribution in [2.75, 3.05) is 26.1 Å². The largest absolute Gasteiger partial charge is 0.493 e. The summed E-state index contributed by atoms with van der Waals surface area (Å²) >= 11 is 0. The lowest BCUT2D eigenvalue weighted by Crippen LogP contribution is -2.31. The molecule has 0 bridgehead atoms. The van der Waals surface area contributed by atoms with Gasteiger partial charge in [0.2, 0.25) is 5.91 Å². The third-order valence-corrected chi connectivity index (χ3v) is 10.7. The minimum absolute atomic E-state index is 0.0382. The topological polar surface area (TPSA) is 142 Å². The molecule has 0 atom stereocenters. The highest BCUT2D eigenvalue weighted by Gasteiger charge is 2.38. The molecule has 1 saturated carbocycles. The first-order valence-corrected chi connectivity index (χ1v) is 18.6. The lowest BCUT2D eigenvalue weighted by molar-refractivity contribution is -0.116. The van der Waals surface area contributed by atoms with Crippen LogP contribution in [0.15, 0.2) is 35.2 Å². The molecule has 1 aliphatic carbocycles. The van der Waals surface area contributed by atoms with Crippen molar-refractivity contribution in [3.05, 3.63) is 47.3 Å². The van der Waals surface area contributed by atoms with Crippen molar-refractivity contribution in [3.63, 3.8) is 0 Å². The molecule has 14 heteroatoms. The SMILES string of the molecule is COc1c(F)cc(B(O)O)cc1CCC(=O)Nc1ccc(S(=O)(=O)C2CC2)c(CN(C)C(=O)OCC[Si](C)(C)C)c1. The fourth-order valence-electron chi connectivity index (χ4n) is 4.20. The van der Waals surface area contributed by atoms with Crippen LogP contribution in [0.4, 0.5) is 14.9 Å². The maximum Gasteiger partial charge on any atom is 0.488 e. The van der Waals surface area contributed by atoms with Crippen molar-refractivity contribution in [3.8, 4) is 5.75 Å². The molecule has 0 spiro atoms. The molecular weight excluding hydrogens is 570 g/mol. The summed E-state index contributed by atoms with van der Waals surface area (Å²) in [5, 5.41) is 21.1. The van der Waals surface area contributed by atoms with Gasteiger partial charge in [-0.3, -0.25) is 4.79 Å². The summed E-state index contributed by atoms with van der Waals surface area (Å²) < 4.78 is 51.0. The van der Waals surface area contributed by atoms with Crippen molar-refractivity contribution in [1.29, 1.82) is 0 Å². The van der Waals surface area contributed by atoms with E-state index in [1.807, 2.05) is 0 Å². The number of anilines is 1. The molecule has 3 N–H and O–H groups in total. The monoisotopic (exact) mass is 608 g/mol. The normalized spacial score (nSPS) is 13.5. The number of rotatable bonds is 13. The number of halogens is 1. The minimum atomic E-state index is -3.59. The predicted molar refractivity (Wildman–Crippen MR) is 157 cm³/mol. The molecule has 0 aliphatic heterocycles. The number of amides is 2. The maximum absolute atomic E-state index is 14.3. The van der Waals surface area contributed by atoms with Gasteiger partial charge in [0.1, 0.15) is 0 Å². The van der Waals surface area contributed by atoms with Gasteiger partial charge >= 0.3 is 13.2 Å². The Hall–Kier alpha value is -2.94. The number of aryl methyl sites for hydroxylation is 1. The fraction of sp³-hybridized carbons (Fsp3) is 0.481. The molecule has 2 aromatic carbocycles. The number of hydrogen-bond donors (Lipinski definition) is 3. The van der Waals surface area contributed by atoms with Gasteiger partial charge in [-0.2, -0.15) is 0 Å². The molecule has 2 aromatic rings. The Morgan fingerprint density at radius 3 is 2.41 bits per heavy atom. The van der Waals surface area contributed by atoms with E-state index in [0.29, 0.717) is 24.1 Å². The van der Waals surface area contributed by atoms with E-state index in [-0.39, 0.29) is 47.7 Å². The molecule has 1 fully saturated rings. The van der Waals surface area contributed by atoms with Crippen molar-refractivity contribution in [2.24, 2.45) is 0 Å². The molecule has 0 aromatic heterocycles. The van der Waals surface area contributed by atoms with Crippen LogP contribution in [0.1, 0.15) is 30.4 Å². The van der Waals surface area contributed by atoms with Gasteiger partial charge in [-0.05, 0) is 66.2 Å². The van der Waals surface area contributed by atoms with Crippen LogP contribution in [0.5, 0.6) is 5.75 Å². The highest BCUT2D eigenvalue weighted by molar-refractivity contribution is 7.92. The zero-order chi connectivity index (χ0) is 30.5. The standard InChI is InChI=1S/C27H38BFN2O8SSi/c1-31(27(33)39-12-13-41(3,4)5)17-19-15-21(7-10-24(19)40(36,37)22-8-9-22)30-25(32)11-6-18-14-20(28(34)35)16-23(29)26(18)38-2/h7,10,14-16,22,34-35H,6,8-9,11-13,17H2,1-5H3,(H,30,32). The smallest absolute Gasteiger partial charge is 0.488 e. The number of nitrogens with zero attached hydrogens (tertiary/aromatic N) is 1.